The topological polar surface area (TPSA) is 82.0 Å². The van der Waals surface area contributed by atoms with Crippen LogP contribution < -0.4 is 8.92 Å². The molecule has 2 rings (SSSR count). The van der Waals surface area contributed by atoms with Gasteiger partial charge in [0.05, 0.1) is 13.4 Å². The summed E-state index contributed by atoms with van der Waals surface area (Å²) in [4.78, 5) is 0. The number of hydrogen-bond donors (Lipinski definition) is 0. The van der Waals surface area contributed by atoms with Gasteiger partial charge in [-0.25, -0.2) is 12.2 Å². The molecule has 8 heteroatoms. The van der Waals surface area contributed by atoms with Crippen LogP contribution in [0, 0.1) is 13.8 Å². The lowest BCUT2D eigenvalue weighted by Gasteiger charge is -2.08. The quantitative estimate of drug-likeness (QED) is 0.771. The van der Waals surface area contributed by atoms with Gasteiger partial charge in [-0.1, -0.05) is 35.4 Å². The minimum atomic E-state index is -3.65. The average Bonchev–Trinajstić information content (AvgIpc) is 2.49. The van der Waals surface area contributed by atoms with Gasteiger partial charge in [-0.2, -0.15) is 0 Å². The van der Waals surface area contributed by atoms with Gasteiger partial charge >= 0.3 is 0 Å². The lowest BCUT2D eigenvalue weighted by atomic mass is 10.2. The van der Waals surface area contributed by atoms with E-state index in [0.717, 1.165) is 17.6 Å². The van der Waals surface area contributed by atoms with Crippen molar-refractivity contribution in [2.45, 2.75) is 13.8 Å². The first-order valence-corrected chi connectivity index (χ1v) is 9.78. The monoisotopic (exact) mass is 370 g/mol. The second-order valence-corrected chi connectivity index (χ2v) is 7.60. The third kappa shape index (κ3) is 8.54. The van der Waals surface area contributed by atoms with Gasteiger partial charge < -0.3 is 13.1 Å². The van der Waals surface area contributed by atoms with Crippen LogP contribution in [0.2, 0.25) is 0 Å². The molecule has 0 amide bonds. The molecule has 0 N–H and O–H groups in total. The molecule has 0 aliphatic carbocycles. The lowest BCUT2D eigenvalue weighted by molar-refractivity contribution is 0.414. The van der Waals surface area contributed by atoms with Crippen molar-refractivity contribution in [3.8, 4) is 11.5 Å². The Labute approximate surface area is 144 Å². The van der Waals surface area contributed by atoms with Gasteiger partial charge in [0.1, 0.15) is 11.5 Å². The predicted octanol–water partition coefficient (Wildman–Crippen LogP) is 3.40. The third-order valence-electron chi connectivity index (χ3n) is 2.64. The van der Waals surface area contributed by atoms with Crippen molar-refractivity contribution in [3.63, 3.8) is 0 Å². The third-order valence-corrected chi connectivity index (χ3v) is 4.55. The number of ether oxygens (including phenoxy) is 1. The molecule has 0 aromatic heterocycles. The Morgan fingerprint density at radius 1 is 0.875 bits per heavy atom. The molecule has 0 spiro atoms. The minimum absolute atomic E-state index is 0.311. The zero-order valence-corrected chi connectivity index (χ0v) is 15.6. The van der Waals surface area contributed by atoms with E-state index < -0.39 is 20.9 Å². The molecular formula is C16H20NO5S2-. The van der Waals surface area contributed by atoms with Crippen molar-refractivity contribution in [3.05, 3.63) is 59.7 Å². The molecule has 2 aromatic carbocycles. The summed E-state index contributed by atoms with van der Waals surface area (Å²) in [5.74, 6) is 1.23. The van der Waals surface area contributed by atoms with E-state index in [2.05, 4.69) is 10.7 Å². The fourth-order valence-electron chi connectivity index (χ4n) is 1.48. The van der Waals surface area contributed by atoms with E-state index in [-0.39, 0.29) is 0 Å². The highest BCUT2D eigenvalue weighted by Crippen LogP contribution is 2.12. The molecule has 0 radical (unpaired) electrons. The molecule has 0 aliphatic rings. The average molecular weight is 370 g/mol. The van der Waals surface area contributed by atoms with Crippen molar-refractivity contribution >= 4 is 20.9 Å². The summed E-state index contributed by atoms with van der Waals surface area (Å²) >= 11 is 0. The molecule has 0 bridgehead atoms. The van der Waals surface area contributed by atoms with Crippen molar-refractivity contribution in [2.24, 2.45) is 3.77 Å². The molecule has 0 heterocycles. The van der Waals surface area contributed by atoms with Crippen LogP contribution in [-0.2, 0) is 25.1 Å². The maximum Gasteiger partial charge on any atom is 0.231 e. The standard InChI is InChI=1S/C8H10NO4S2.C8H10O/c1-7-3-5-8(6-4-7)13-14(10)9-15(2,11)12;1-7-3-5-8(9-2)6-4-7/h3-6H,1-2H3;3-6H,1-2H3/q-1;. The summed E-state index contributed by atoms with van der Waals surface area (Å²) < 4.78 is 45.0. The van der Waals surface area contributed by atoms with Crippen LogP contribution in [0.15, 0.2) is 52.3 Å². The van der Waals surface area contributed by atoms with E-state index in [1.165, 1.54) is 5.56 Å². The maximum atomic E-state index is 11.1. The molecule has 0 atom stereocenters. The van der Waals surface area contributed by atoms with Gasteiger partial charge in [0.2, 0.25) is 10.0 Å². The first-order chi connectivity index (χ1) is 11.2. The summed E-state index contributed by atoms with van der Waals surface area (Å²) in [7, 11) is -4.19. The highest BCUT2D eigenvalue weighted by molar-refractivity contribution is 7.94. The van der Waals surface area contributed by atoms with E-state index >= 15 is 0 Å². The van der Waals surface area contributed by atoms with E-state index in [1.54, 1.807) is 31.4 Å². The Morgan fingerprint density at radius 3 is 1.67 bits per heavy atom. The van der Waals surface area contributed by atoms with E-state index in [4.69, 9.17) is 8.92 Å². The Kier molecular flexibility index (Phi) is 7.73. The minimum Gasteiger partial charge on any atom is -0.546 e. The van der Waals surface area contributed by atoms with Crippen LogP contribution in [0.5, 0.6) is 11.5 Å². The van der Waals surface area contributed by atoms with E-state index in [0.29, 0.717) is 5.75 Å². The Hall–Kier alpha value is -2.06. The number of hydrogen-bond acceptors (Lipinski definition) is 6. The molecule has 0 saturated heterocycles. The molecule has 0 saturated carbocycles. The summed E-state index contributed by atoms with van der Waals surface area (Å²) in [6.45, 7) is 3.95. The van der Waals surface area contributed by atoms with E-state index in [1.807, 2.05) is 31.2 Å². The number of rotatable bonds is 4. The van der Waals surface area contributed by atoms with Crippen LogP contribution in [-0.4, -0.2) is 21.8 Å². The molecule has 132 valence electrons. The Balaban J connectivity index is 0.000000272. The summed E-state index contributed by atoms with van der Waals surface area (Å²) in [6, 6.07) is 14.7. The van der Waals surface area contributed by atoms with Crippen LogP contribution >= 0.6 is 0 Å². The zero-order chi connectivity index (χ0) is 18.2. The highest BCUT2D eigenvalue weighted by atomic mass is 32.3. The summed E-state index contributed by atoms with van der Waals surface area (Å²) in [5.41, 5.74) is 2.28. The largest absolute Gasteiger partial charge is 0.546 e. The molecule has 6 nitrogen and oxygen atoms in total. The van der Waals surface area contributed by atoms with Crippen LogP contribution in [0.4, 0.5) is 0 Å². The van der Waals surface area contributed by atoms with Gasteiger partial charge in [0, 0.05) is 10.9 Å². The maximum absolute atomic E-state index is 11.1. The molecular weight excluding hydrogens is 350 g/mol. The Morgan fingerprint density at radius 2 is 1.29 bits per heavy atom. The first-order valence-electron chi connectivity index (χ1n) is 6.90. The van der Waals surface area contributed by atoms with Crippen molar-refractivity contribution in [1.29, 1.82) is 0 Å². The number of sulfonamides is 1. The predicted molar refractivity (Wildman–Crippen MR) is 94.9 cm³/mol. The normalized spacial score (nSPS) is 12.0. The number of aryl methyl sites for hydroxylation is 2. The van der Waals surface area contributed by atoms with E-state index in [9.17, 15) is 12.6 Å². The molecule has 24 heavy (non-hydrogen) atoms. The summed E-state index contributed by atoms with van der Waals surface area (Å²) in [6.07, 6.45) is 0.851. The lowest BCUT2D eigenvalue weighted by Crippen LogP contribution is -1.95. The van der Waals surface area contributed by atoms with Crippen molar-refractivity contribution < 1.29 is 21.5 Å². The van der Waals surface area contributed by atoms with Gasteiger partial charge in [0.25, 0.3) is 0 Å². The van der Waals surface area contributed by atoms with Crippen molar-refractivity contribution in [1.82, 2.24) is 0 Å². The number of benzene rings is 2. The smallest absolute Gasteiger partial charge is 0.231 e. The molecule has 0 unspecified atom stereocenters. The van der Waals surface area contributed by atoms with Crippen LogP contribution in [0.3, 0.4) is 0 Å². The molecule has 0 fully saturated rings. The fraction of sp³-hybridized carbons (Fsp3) is 0.250. The molecule has 2 aromatic rings. The number of methoxy groups -OCH3 is 1. The van der Waals surface area contributed by atoms with Gasteiger partial charge in [0.15, 0.2) is 0 Å². The van der Waals surface area contributed by atoms with Crippen LogP contribution in [0.1, 0.15) is 11.1 Å². The SMILES string of the molecule is COc1ccc(C)cc1.Cc1ccc(O[S-](=O)=NS(C)(=O)=O)cc1. The van der Waals surface area contributed by atoms with Gasteiger partial charge in [-0.05, 0) is 38.1 Å². The first kappa shape index (κ1) is 20.0. The Bertz CT molecular complexity index is 822. The molecule has 0 aliphatic heterocycles. The van der Waals surface area contributed by atoms with Gasteiger partial charge in [-0.15, -0.1) is 0 Å². The highest BCUT2D eigenvalue weighted by Gasteiger charge is 1.91. The summed E-state index contributed by atoms with van der Waals surface area (Å²) in [5, 5.41) is 0. The zero-order valence-electron chi connectivity index (χ0n) is 13.9. The second-order valence-electron chi connectivity index (χ2n) is 4.94. The van der Waals surface area contributed by atoms with Crippen LogP contribution in [0.25, 0.3) is 0 Å². The van der Waals surface area contributed by atoms with Crippen molar-refractivity contribution in [2.75, 3.05) is 13.4 Å². The fourth-order valence-corrected chi connectivity index (χ4v) is 2.76. The number of nitrogens with zero attached hydrogens (tertiary/aromatic N) is 1. The van der Waals surface area contributed by atoms with Gasteiger partial charge in [-0.3, -0.25) is 0 Å². The second kappa shape index (κ2) is 9.29.